The SMILES string of the molecule is CC(CCN)C(=O)N1CC=CCC1. The van der Waals surface area contributed by atoms with Crippen molar-refractivity contribution in [2.75, 3.05) is 19.6 Å². The van der Waals surface area contributed by atoms with E-state index in [1.54, 1.807) is 0 Å². The van der Waals surface area contributed by atoms with Crippen LogP contribution in [0, 0.1) is 5.92 Å². The van der Waals surface area contributed by atoms with Gasteiger partial charge in [0.15, 0.2) is 0 Å². The third-order valence-corrected chi connectivity index (χ3v) is 2.39. The Morgan fingerprint density at radius 3 is 2.92 bits per heavy atom. The molecule has 0 fully saturated rings. The van der Waals surface area contributed by atoms with E-state index < -0.39 is 0 Å². The summed E-state index contributed by atoms with van der Waals surface area (Å²) in [5.74, 6) is 0.325. The normalized spacial score (nSPS) is 18.8. The van der Waals surface area contributed by atoms with Gasteiger partial charge in [-0.1, -0.05) is 19.1 Å². The van der Waals surface area contributed by atoms with Crippen LogP contribution in [-0.2, 0) is 4.79 Å². The Kier molecular flexibility index (Phi) is 3.96. The summed E-state index contributed by atoms with van der Waals surface area (Å²) >= 11 is 0. The van der Waals surface area contributed by atoms with Gasteiger partial charge in [0.05, 0.1) is 0 Å². The molecule has 0 spiro atoms. The minimum atomic E-state index is 0.0801. The highest BCUT2D eigenvalue weighted by Crippen LogP contribution is 2.09. The molecule has 1 aliphatic heterocycles. The highest BCUT2D eigenvalue weighted by molar-refractivity contribution is 5.78. The second kappa shape index (κ2) is 5.02. The molecule has 1 unspecified atom stereocenters. The summed E-state index contributed by atoms with van der Waals surface area (Å²) in [5.41, 5.74) is 5.41. The predicted octanol–water partition coefficient (Wildman–Crippen LogP) is 0.760. The van der Waals surface area contributed by atoms with Gasteiger partial charge in [0, 0.05) is 19.0 Å². The van der Waals surface area contributed by atoms with Crippen molar-refractivity contribution in [3.8, 4) is 0 Å². The van der Waals surface area contributed by atoms with Crippen LogP contribution >= 0.6 is 0 Å². The average Bonchev–Trinajstić information content (AvgIpc) is 2.18. The number of hydrogen-bond acceptors (Lipinski definition) is 2. The van der Waals surface area contributed by atoms with Crippen LogP contribution in [-0.4, -0.2) is 30.4 Å². The highest BCUT2D eigenvalue weighted by atomic mass is 16.2. The molecule has 1 heterocycles. The van der Waals surface area contributed by atoms with Crippen molar-refractivity contribution in [3.05, 3.63) is 12.2 Å². The van der Waals surface area contributed by atoms with E-state index in [2.05, 4.69) is 12.2 Å². The smallest absolute Gasteiger partial charge is 0.225 e. The topological polar surface area (TPSA) is 46.3 Å². The molecule has 2 N–H and O–H groups in total. The quantitative estimate of drug-likeness (QED) is 0.655. The molecule has 1 amide bonds. The molecule has 0 aromatic rings. The van der Waals surface area contributed by atoms with Gasteiger partial charge in [-0.05, 0) is 19.4 Å². The van der Waals surface area contributed by atoms with E-state index in [1.165, 1.54) is 0 Å². The Labute approximate surface area is 79.6 Å². The maximum absolute atomic E-state index is 11.7. The van der Waals surface area contributed by atoms with Crippen molar-refractivity contribution < 1.29 is 4.79 Å². The largest absolute Gasteiger partial charge is 0.338 e. The van der Waals surface area contributed by atoms with Crippen molar-refractivity contribution >= 4 is 5.91 Å². The van der Waals surface area contributed by atoms with Crippen molar-refractivity contribution in [2.45, 2.75) is 19.8 Å². The summed E-state index contributed by atoms with van der Waals surface area (Å²) < 4.78 is 0. The zero-order valence-electron chi connectivity index (χ0n) is 8.20. The second-order valence-corrected chi connectivity index (χ2v) is 3.52. The van der Waals surface area contributed by atoms with Crippen LogP contribution in [0.2, 0.25) is 0 Å². The van der Waals surface area contributed by atoms with Gasteiger partial charge in [-0.25, -0.2) is 0 Å². The number of hydrogen-bond donors (Lipinski definition) is 1. The van der Waals surface area contributed by atoms with Crippen LogP contribution in [0.1, 0.15) is 19.8 Å². The van der Waals surface area contributed by atoms with Crippen LogP contribution in [0.3, 0.4) is 0 Å². The number of nitrogens with zero attached hydrogens (tertiary/aromatic N) is 1. The molecule has 74 valence electrons. The van der Waals surface area contributed by atoms with Gasteiger partial charge < -0.3 is 10.6 Å². The fraction of sp³-hybridized carbons (Fsp3) is 0.700. The van der Waals surface area contributed by atoms with Crippen LogP contribution in [0.4, 0.5) is 0 Å². The minimum absolute atomic E-state index is 0.0801. The van der Waals surface area contributed by atoms with Gasteiger partial charge in [0.25, 0.3) is 0 Å². The monoisotopic (exact) mass is 182 g/mol. The lowest BCUT2D eigenvalue weighted by molar-refractivity contribution is -0.134. The summed E-state index contributed by atoms with van der Waals surface area (Å²) in [7, 11) is 0. The molecule has 0 saturated heterocycles. The number of nitrogens with two attached hydrogens (primary N) is 1. The molecule has 0 aromatic heterocycles. The van der Waals surface area contributed by atoms with Crippen molar-refractivity contribution in [2.24, 2.45) is 11.7 Å². The Balaban J connectivity index is 2.41. The average molecular weight is 182 g/mol. The lowest BCUT2D eigenvalue weighted by Crippen LogP contribution is -2.37. The number of rotatable bonds is 3. The van der Waals surface area contributed by atoms with Crippen LogP contribution in [0.5, 0.6) is 0 Å². The molecule has 0 radical (unpaired) electrons. The fourth-order valence-corrected chi connectivity index (χ4v) is 1.53. The van der Waals surface area contributed by atoms with Crippen molar-refractivity contribution in [3.63, 3.8) is 0 Å². The molecule has 1 rings (SSSR count). The molecule has 0 bridgehead atoms. The number of amides is 1. The van der Waals surface area contributed by atoms with E-state index in [4.69, 9.17) is 5.73 Å². The van der Waals surface area contributed by atoms with E-state index in [9.17, 15) is 4.79 Å². The van der Waals surface area contributed by atoms with Crippen LogP contribution in [0.15, 0.2) is 12.2 Å². The van der Waals surface area contributed by atoms with Crippen LogP contribution in [0.25, 0.3) is 0 Å². The Hall–Kier alpha value is -0.830. The van der Waals surface area contributed by atoms with E-state index >= 15 is 0 Å². The van der Waals surface area contributed by atoms with E-state index in [0.29, 0.717) is 6.54 Å². The Bertz CT molecular complexity index is 201. The molecule has 1 aliphatic rings. The van der Waals surface area contributed by atoms with Gasteiger partial charge in [0.2, 0.25) is 5.91 Å². The highest BCUT2D eigenvalue weighted by Gasteiger charge is 2.19. The summed E-state index contributed by atoms with van der Waals surface area (Å²) in [6.07, 6.45) is 5.95. The molecule has 3 nitrogen and oxygen atoms in total. The van der Waals surface area contributed by atoms with Gasteiger partial charge >= 0.3 is 0 Å². The first-order valence-electron chi connectivity index (χ1n) is 4.89. The maximum atomic E-state index is 11.7. The Morgan fingerprint density at radius 2 is 2.38 bits per heavy atom. The van der Waals surface area contributed by atoms with Gasteiger partial charge in [-0.2, -0.15) is 0 Å². The fourth-order valence-electron chi connectivity index (χ4n) is 1.53. The summed E-state index contributed by atoms with van der Waals surface area (Å²) in [6.45, 7) is 4.18. The lowest BCUT2D eigenvalue weighted by Gasteiger charge is -2.26. The standard InChI is InChI=1S/C10H18N2O/c1-9(5-6-11)10(13)12-7-3-2-4-8-12/h2-3,9H,4-8,11H2,1H3. The van der Waals surface area contributed by atoms with Gasteiger partial charge in [-0.3, -0.25) is 4.79 Å². The molecule has 1 atom stereocenters. The van der Waals surface area contributed by atoms with Crippen LogP contribution < -0.4 is 5.73 Å². The summed E-state index contributed by atoms with van der Waals surface area (Å²) in [5, 5.41) is 0. The molecular weight excluding hydrogens is 164 g/mol. The molecular formula is C10H18N2O. The second-order valence-electron chi connectivity index (χ2n) is 3.52. The first-order chi connectivity index (χ1) is 6.25. The zero-order chi connectivity index (χ0) is 9.68. The summed E-state index contributed by atoms with van der Waals surface area (Å²) in [4.78, 5) is 13.6. The predicted molar refractivity (Wildman–Crippen MR) is 53.2 cm³/mol. The van der Waals surface area contributed by atoms with Gasteiger partial charge in [0.1, 0.15) is 0 Å². The summed E-state index contributed by atoms with van der Waals surface area (Å²) in [6, 6.07) is 0. The minimum Gasteiger partial charge on any atom is -0.338 e. The first kappa shape index (κ1) is 10.3. The molecule has 0 aliphatic carbocycles. The van der Waals surface area contributed by atoms with E-state index in [-0.39, 0.29) is 11.8 Å². The Morgan fingerprint density at radius 1 is 1.62 bits per heavy atom. The lowest BCUT2D eigenvalue weighted by atomic mass is 10.1. The first-order valence-corrected chi connectivity index (χ1v) is 4.89. The van der Waals surface area contributed by atoms with E-state index in [0.717, 1.165) is 25.9 Å². The number of carbonyl (C=O) groups excluding carboxylic acids is 1. The van der Waals surface area contributed by atoms with Crippen molar-refractivity contribution in [1.82, 2.24) is 4.90 Å². The molecule has 0 saturated carbocycles. The third kappa shape index (κ3) is 2.84. The zero-order valence-corrected chi connectivity index (χ0v) is 8.20. The third-order valence-electron chi connectivity index (χ3n) is 2.39. The maximum Gasteiger partial charge on any atom is 0.225 e. The van der Waals surface area contributed by atoms with Crippen molar-refractivity contribution in [1.29, 1.82) is 0 Å². The van der Waals surface area contributed by atoms with Gasteiger partial charge in [-0.15, -0.1) is 0 Å². The molecule has 13 heavy (non-hydrogen) atoms. The number of carbonyl (C=O) groups is 1. The molecule has 3 heteroatoms. The van der Waals surface area contributed by atoms with E-state index in [1.807, 2.05) is 11.8 Å². The molecule has 0 aromatic carbocycles.